The predicted octanol–water partition coefficient (Wildman–Crippen LogP) is 2.89. The highest BCUT2D eigenvalue weighted by Crippen LogP contribution is 2.74. The molecule has 0 N–H and O–H groups in total. The van der Waals surface area contributed by atoms with Gasteiger partial charge in [0.2, 0.25) is 11.8 Å². The van der Waals surface area contributed by atoms with Gasteiger partial charge < -0.3 is 4.57 Å². The first kappa shape index (κ1) is 14.0. The Balaban J connectivity index is 1.81. The zero-order valence-electron chi connectivity index (χ0n) is 12.6. The summed E-state index contributed by atoms with van der Waals surface area (Å²) in [5.41, 5.74) is 1.19. The fourth-order valence-corrected chi connectivity index (χ4v) is 8.76. The van der Waals surface area contributed by atoms with Crippen LogP contribution >= 0.6 is 7.14 Å². The molecule has 0 saturated carbocycles. The number of imide groups is 1. The summed E-state index contributed by atoms with van der Waals surface area (Å²) in [4.78, 5) is 27.1. The zero-order chi connectivity index (χ0) is 15.6. The number of carbonyl (C=O) groups excluding carboxylic acids is 2. The van der Waals surface area contributed by atoms with Gasteiger partial charge in [0.1, 0.15) is 7.14 Å². The molecular weight excluding hydrogens is 297 g/mol. The summed E-state index contributed by atoms with van der Waals surface area (Å²) in [7, 11) is -2.51. The van der Waals surface area contributed by atoms with Crippen LogP contribution in [0.15, 0.2) is 42.0 Å². The minimum atomic E-state index is -2.51. The molecule has 2 amide bonds. The molecule has 22 heavy (non-hydrogen) atoms. The van der Waals surface area contributed by atoms with Crippen LogP contribution in [0.25, 0.3) is 0 Å². The number of anilines is 1. The Bertz CT molecular complexity index is 754. The fraction of sp³-hybridized carbons (Fsp3) is 0.412. The number of benzene rings is 1. The van der Waals surface area contributed by atoms with Crippen molar-refractivity contribution in [2.24, 2.45) is 11.8 Å². The lowest BCUT2D eigenvalue weighted by Crippen LogP contribution is -2.34. The largest absolute Gasteiger partial charge is 0.322 e. The van der Waals surface area contributed by atoms with Crippen molar-refractivity contribution in [3.05, 3.63) is 42.0 Å². The van der Waals surface area contributed by atoms with Gasteiger partial charge in [-0.25, -0.2) is 4.90 Å². The van der Waals surface area contributed by atoms with E-state index in [0.29, 0.717) is 11.8 Å². The lowest BCUT2D eigenvalue weighted by Gasteiger charge is -2.23. The Morgan fingerprint density at radius 3 is 2.36 bits per heavy atom. The van der Waals surface area contributed by atoms with Crippen molar-refractivity contribution in [1.29, 1.82) is 0 Å². The first-order valence-electron chi connectivity index (χ1n) is 7.70. The molecule has 0 aliphatic carbocycles. The van der Waals surface area contributed by atoms with Crippen molar-refractivity contribution in [1.82, 2.24) is 0 Å². The van der Waals surface area contributed by atoms with Crippen LogP contribution in [0.1, 0.15) is 13.8 Å². The molecule has 3 aliphatic rings. The molecule has 4 nitrogen and oxygen atoms in total. The smallest absolute Gasteiger partial charge is 0.238 e. The van der Waals surface area contributed by atoms with Gasteiger partial charge in [-0.3, -0.25) is 9.59 Å². The molecular formula is C17H18NO3P. The molecule has 1 aromatic rings. The molecule has 0 radical (unpaired) electrons. The molecule has 5 unspecified atom stereocenters. The van der Waals surface area contributed by atoms with E-state index >= 15 is 0 Å². The quantitative estimate of drug-likeness (QED) is 0.479. The highest BCUT2D eigenvalue weighted by Gasteiger charge is 2.69. The van der Waals surface area contributed by atoms with E-state index < -0.39 is 19.0 Å². The fourth-order valence-electron chi connectivity index (χ4n) is 4.60. The third-order valence-electron chi connectivity index (χ3n) is 5.49. The number of amides is 2. The number of fused-ring (bicyclic) bond motifs is 5. The van der Waals surface area contributed by atoms with E-state index in [1.165, 1.54) is 4.90 Å². The van der Waals surface area contributed by atoms with Crippen LogP contribution < -0.4 is 4.90 Å². The van der Waals surface area contributed by atoms with Gasteiger partial charge in [0.25, 0.3) is 0 Å². The summed E-state index contributed by atoms with van der Waals surface area (Å²) in [6.07, 6.45) is 2.56. The van der Waals surface area contributed by atoms with Crippen molar-refractivity contribution in [2.45, 2.75) is 25.2 Å². The maximum atomic E-state index is 13.3. The number of hydrogen-bond donors (Lipinski definition) is 0. The Labute approximate surface area is 129 Å². The molecule has 0 spiro atoms. The van der Waals surface area contributed by atoms with Gasteiger partial charge in [0.05, 0.1) is 17.5 Å². The minimum Gasteiger partial charge on any atom is -0.322 e. The molecule has 0 aromatic heterocycles. The number of allylic oxidation sites excluding steroid dienone is 2. The monoisotopic (exact) mass is 315 g/mol. The molecule has 3 aliphatic heterocycles. The standard InChI is InChI=1S/C17H18NO3P/c1-3-22(21)12-9-10(2)15(22)14-13(12)16(19)18(17(14)20)11-7-5-4-6-8-11/h4-9,12-15H,3H2,1-2H3. The molecule has 5 heteroatoms. The van der Waals surface area contributed by atoms with Crippen molar-refractivity contribution in [3.63, 3.8) is 0 Å². The van der Waals surface area contributed by atoms with Crippen molar-refractivity contribution < 1.29 is 14.2 Å². The maximum Gasteiger partial charge on any atom is 0.238 e. The van der Waals surface area contributed by atoms with Crippen LogP contribution in [-0.4, -0.2) is 29.3 Å². The molecule has 2 bridgehead atoms. The Morgan fingerprint density at radius 2 is 1.73 bits per heavy atom. The van der Waals surface area contributed by atoms with Crippen molar-refractivity contribution >= 4 is 24.6 Å². The van der Waals surface area contributed by atoms with E-state index in [2.05, 4.69) is 0 Å². The van der Waals surface area contributed by atoms with Gasteiger partial charge in [-0.15, -0.1) is 0 Å². The summed E-state index contributed by atoms with van der Waals surface area (Å²) in [5, 5.41) is 0. The predicted molar refractivity (Wildman–Crippen MR) is 85.4 cm³/mol. The van der Waals surface area contributed by atoms with Crippen molar-refractivity contribution in [3.8, 4) is 0 Å². The molecule has 4 rings (SSSR count). The van der Waals surface area contributed by atoms with Crippen LogP contribution in [0.5, 0.6) is 0 Å². The lowest BCUT2D eigenvalue weighted by atomic mass is 9.82. The van der Waals surface area contributed by atoms with Crippen LogP contribution in [0.4, 0.5) is 5.69 Å². The summed E-state index contributed by atoms with van der Waals surface area (Å²) in [6.45, 7) is 3.87. The SMILES string of the molecule is CCP1(=O)C2C=C(C)C1C1C(=O)N(c3ccccc3)C(=O)C12. The Kier molecular flexibility index (Phi) is 2.80. The minimum absolute atomic E-state index is 0.171. The first-order chi connectivity index (χ1) is 10.5. The number of hydrogen-bond acceptors (Lipinski definition) is 3. The first-order valence-corrected chi connectivity index (χ1v) is 9.73. The van der Waals surface area contributed by atoms with Gasteiger partial charge in [-0.1, -0.05) is 36.8 Å². The van der Waals surface area contributed by atoms with Gasteiger partial charge in [-0.2, -0.15) is 0 Å². The second-order valence-electron chi connectivity index (χ2n) is 6.42. The highest BCUT2D eigenvalue weighted by atomic mass is 31.2. The van der Waals surface area contributed by atoms with E-state index in [1.54, 1.807) is 12.1 Å². The van der Waals surface area contributed by atoms with Gasteiger partial charge in [0.15, 0.2) is 0 Å². The molecule has 5 atom stereocenters. The van der Waals surface area contributed by atoms with E-state index in [0.717, 1.165) is 5.57 Å². The van der Waals surface area contributed by atoms with E-state index in [1.807, 2.05) is 38.1 Å². The number of nitrogens with zero attached hydrogens (tertiary/aromatic N) is 1. The molecule has 1 aromatic carbocycles. The summed E-state index contributed by atoms with van der Waals surface area (Å²) in [5.74, 6) is -1.19. The summed E-state index contributed by atoms with van der Waals surface area (Å²) in [6, 6.07) is 9.05. The van der Waals surface area contributed by atoms with E-state index in [4.69, 9.17) is 0 Å². The summed E-state index contributed by atoms with van der Waals surface area (Å²) < 4.78 is 13.3. The molecule has 114 valence electrons. The van der Waals surface area contributed by atoms with Gasteiger partial charge in [0, 0.05) is 11.3 Å². The third kappa shape index (κ3) is 1.46. The van der Waals surface area contributed by atoms with Gasteiger partial charge in [-0.05, 0) is 25.2 Å². The molecule has 2 saturated heterocycles. The van der Waals surface area contributed by atoms with Crippen LogP contribution in [0.3, 0.4) is 0 Å². The number of para-hydroxylation sites is 1. The van der Waals surface area contributed by atoms with Crippen LogP contribution in [0.2, 0.25) is 0 Å². The molecule has 2 fully saturated rings. The number of carbonyl (C=O) groups is 2. The number of rotatable bonds is 2. The lowest BCUT2D eigenvalue weighted by molar-refractivity contribution is -0.122. The van der Waals surface area contributed by atoms with E-state index in [9.17, 15) is 14.2 Å². The average molecular weight is 315 g/mol. The zero-order valence-corrected chi connectivity index (χ0v) is 13.5. The topological polar surface area (TPSA) is 54.5 Å². The van der Waals surface area contributed by atoms with Crippen molar-refractivity contribution in [2.75, 3.05) is 11.1 Å². The van der Waals surface area contributed by atoms with Crippen LogP contribution in [-0.2, 0) is 14.2 Å². The average Bonchev–Trinajstić information content (AvgIpc) is 3.03. The second kappa shape index (κ2) is 4.42. The summed E-state index contributed by atoms with van der Waals surface area (Å²) >= 11 is 0. The third-order valence-corrected chi connectivity index (χ3v) is 9.63. The normalized spacial score (nSPS) is 39.4. The Morgan fingerprint density at radius 1 is 1.09 bits per heavy atom. The van der Waals surface area contributed by atoms with Gasteiger partial charge >= 0.3 is 0 Å². The van der Waals surface area contributed by atoms with Crippen LogP contribution in [0, 0.1) is 11.8 Å². The second-order valence-corrected chi connectivity index (χ2v) is 9.91. The maximum absolute atomic E-state index is 13.3. The van der Waals surface area contributed by atoms with E-state index in [-0.39, 0.29) is 23.1 Å². The molecule has 3 heterocycles. The highest BCUT2D eigenvalue weighted by molar-refractivity contribution is 7.66. The Hall–Kier alpha value is -1.67.